The van der Waals surface area contributed by atoms with Crippen molar-refractivity contribution in [1.82, 2.24) is 14.7 Å². The normalized spacial score (nSPS) is 27.1. The first-order chi connectivity index (χ1) is 14.8. The molecule has 1 aromatic heterocycles. The minimum atomic E-state index is -3.11. The number of morpholine rings is 1. The highest BCUT2D eigenvalue weighted by Gasteiger charge is 2.37. The quantitative estimate of drug-likeness (QED) is 0.594. The fourth-order valence-electron chi connectivity index (χ4n) is 4.90. The molecule has 0 bridgehead atoms. The molecule has 2 aliphatic rings. The molecule has 0 N–H and O–H groups in total. The lowest BCUT2D eigenvalue weighted by Crippen LogP contribution is -2.56. The number of ether oxygens (including phenoxy) is 1. The maximum atomic E-state index is 13.3. The summed E-state index contributed by atoms with van der Waals surface area (Å²) < 4.78 is 44.7. The van der Waals surface area contributed by atoms with Crippen LogP contribution in [0, 0.1) is 5.82 Å². The molecule has 2 atom stereocenters. The smallest absolute Gasteiger partial charge is 0.161 e. The molecule has 1 aliphatic heterocycles. The number of hydrogen-bond acceptors (Lipinski definition) is 5. The number of rotatable bonds is 6. The van der Waals surface area contributed by atoms with Crippen molar-refractivity contribution in [1.29, 1.82) is 0 Å². The summed E-state index contributed by atoms with van der Waals surface area (Å²) >= 11 is 6.03. The van der Waals surface area contributed by atoms with E-state index in [1.807, 2.05) is 24.3 Å². The van der Waals surface area contributed by atoms with Gasteiger partial charge >= 0.3 is 0 Å². The van der Waals surface area contributed by atoms with Crippen LogP contribution in [0.5, 0.6) is 0 Å². The first kappa shape index (κ1) is 25.4. The molecular formula is C22H30Cl2FN3O3S. The van der Waals surface area contributed by atoms with Gasteiger partial charge < -0.3 is 4.74 Å². The molecule has 1 saturated carbocycles. The van der Waals surface area contributed by atoms with Crippen LogP contribution in [-0.4, -0.2) is 66.4 Å². The first-order valence-corrected chi connectivity index (χ1v) is 13.2. The van der Waals surface area contributed by atoms with Crippen molar-refractivity contribution in [3.05, 3.63) is 53.1 Å². The molecule has 2 heterocycles. The van der Waals surface area contributed by atoms with E-state index < -0.39 is 9.84 Å². The van der Waals surface area contributed by atoms with Crippen LogP contribution in [-0.2, 0) is 21.0 Å². The van der Waals surface area contributed by atoms with Crippen LogP contribution in [0.25, 0.3) is 0 Å². The van der Waals surface area contributed by atoms with Gasteiger partial charge in [-0.15, -0.1) is 12.4 Å². The molecule has 10 heteroatoms. The molecule has 0 amide bonds. The zero-order valence-electron chi connectivity index (χ0n) is 18.1. The number of aromatic nitrogens is 2. The fraction of sp³-hybridized carbons (Fsp3) is 0.591. The van der Waals surface area contributed by atoms with Gasteiger partial charge in [-0.3, -0.25) is 9.58 Å². The minimum Gasteiger partial charge on any atom is -0.374 e. The standard InChI is InChI=1S/C22H29ClFN3O3S.ClH/c1-31(28,29)15-22-13-26(21(14-30-22)10-16-2-4-17(23)5-3-16)19-6-8-20(9-7-19)27-12-18(24)11-25-27;/h2-5,11-12,19-22H,6-10,13-15H2,1H3;1H/t19?,20?,21-,22+;/m0./s1. The minimum absolute atomic E-state index is 0. The predicted octanol–water partition coefficient (Wildman–Crippen LogP) is 3.94. The summed E-state index contributed by atoms with van der Waals surface area (Å²) in [6, 6.07) is 8.60. The third-order valence-corrected chi connectivity index (χ3v) is 7.59. The van der Waals surface area contributed by atoms with Crippen molar-refractivity contribution < 1.29 is 17.5 Å². The molecule has 0 spiro atoms. The maximum Gasteiger partial charge on any atom is 0.161 e. The topological polar surface area (TPSA) is 64.4 Å². The largest absolute Gasteiger partial charge is 0.374 e. The highest BCUT2D eigenvalue weighted by Crippen LogP contribution is 2.33. The first-order valence-electron chi connectivity index (χ1n) is 10.8. The molecule has 32 heavy (non-hydrogen) atoms. The Morgan fingerprint density at radius 2 is 1.81 bits per heavy atom. The summed E-state index contributed by atoms with van der Waals surface area (Å²) in [7, 11) is -3.11. The van der Waals surface area contributed by atoms with Crippen LogP contribution >= 0.6 is 24.0 Å². The van der Waals surface area contributed by atoms with E-state index in [1.165, 1.54) is 24.2 Å². The third-order valence-electron chi connectivity index (χ3n) is 6.36. The van der Waals surface area contributed by atoms with E-state index >= 15 is 0 Å². The Morgan fingerprint density at radius 1 is 1.16 bits per heavy atom. The molecule has 6 nitrogen and oxygen atoms in total. The SMILES string of the molecule is CS(=O)(=O)C[C@H]1CN(C2CCC(n3cc(F)cn3)CC2)[C@@H](Cc2ccc(Cl)cc2)CO1.Cl. The lowest BCUT2D eigenvalue weighted by atomic mass is 9.88. The Labute approximate surface area is 200 Å². The molecule has 0 unspecified atom stereocenters. The van der Waals surface area contributed by atoms with Gasteiger partial charge in [0.2, 0.25) is 0 Å². The van der Waals surface area contributed by atoms with Gasteiger partial charge in [0.15, 0.2) is 5.82 Å². The summed E-state index contributed by atoms with van der Waals surface area (Å²) in [4.78, 5) is 2.45. The molecule has 1 saturated heterocycles. The second-order valence-corrected chi connectivity index (χ2v) is 11.5. The Hall–Kier alpha value is -1.19. The van der Waals surface area contributed by atoms with Crippen molar-refractivity contribution in [2.24, 2.45) is 0 Å². The van der Waals surface area contributed by atoms with Gasteiger partial charge in [0.1, 0.15) is 9.84 Å². The molecule has 4 rings (SSSR count). The summed E-state index contributed by atoms with van der Waals surface area (Å²) in [5.74, 6) is -0.263. The van der Waals surface area contributed by atoms with Gasteiger partial charge in [-0.05, 0) is 49.8 Å². The number of hydrogen-bond donors (Lipinski definition) is 0. The van der Waals surface area contributed by atoms with Crippen molar-refractivity contribution >= 4 is 33.8 Å². The molecule has 178 valence electrons. The zero-order chi connectivity index (χ0) is 22.0. The summed E-state index contributed by atoms with van der Waals surface area (Å²) in [6.07, 6.45) is 8.28. The van der Waals surface area contributed by atoms with E-state index in [0.29, 0.717) is 24.2 Å². The lowest BCUT2D eigenvalue weighted by molar-refractivity contribution is -0.0765. The molecule has 1 aliphatic carbocycles. The number of benzene rings is 1. The average Bonchev–Trinajstić information content (AvgIpc) is 3.16. The van der Waals surface area contributed by atoms with E-state index in [9.17, 15) is 12.8 Å². The predicted molar refractivity (Wildman–Crippen MR) is 126 cm³/mol. The van der Waals surface area contributed by atoms with Crippen molar-refractivity contribution in [2.75, 3.05) is 25.2 Å². The van der Waals surface area contributed by atoms with Gasteiger partial charge in [-0.1, -0.05) is 23.7 Å². The van der Waals surface area contributed by atoms with Crippen LogP contribution in [0.2, 0.25) is 5.02 Å². The monoisotopic (exact) mass is 505 g/mol. The summed E-state index contributed by atoms with van der Waals surface area (Å²) in [5.41, 5.74) is 1.19. The highest BCUT2D eigenvalue weighted by molar-refractivity contribution is 7.90. The number of halogens is 3. The summed E-state index contributed by atoms with van der Waals surface area (Å²) in [5, 5.41) is 4.85. The molecular weight excluding hydrogens is 476 g/mol. The van der Waals surface area contributed by atoms with Gasteiger partial charge in [0, 0.05) is 29.9 Å². The molecule has 2 aromatic rings. The zero-order valence-corrected chi connectivity index (χ0v) is 20.5. The van der Waals surface area contributed by atoms with Crippen LogP contribution in [0.4, 0.5) is 4.39 Å². The third kappa shape index (κ3) is 6.67. The maximum absolute atomic E-state index is 13.3. The fourth-order valence-corrected chi connectivity index (χ4v) is 5.91. The average molecular weight is 506 g/mol. The van der Waals surface area contributed by atoms with Crippen LogP contribution in [0.1, 0.15) is 37.3 Å². The van der Waals surface area contributed by atoms with Crippen LogP contribution < -0.4 is 0 Å². The Bertz CT molecular complexity index is 979. The Morgan fingerprint density at radius 3 is 2.41 bits per heavy atom. The Balaban J connectivity index is 0.00000289. The van der Waals surface area contributed by atoms with Crippen LogP contribution in [0.3, 0.4) is 0 Å². The number of nitrogens with zero attached hydrogens (tertiary/aromatic N) is 3. The van der Waals surface area contributed by atoms with Gasteiger partial charge in [0.05, 0.1) is 36.9 Å². The van der Waals surface area contributed by atoms with E-state index in [4.69, 9.17) is 16.3 Å². The number of sulfone groups is 1. The molecule has 1 aromatic carbocycles. The van der Waals surface area contributed by atoms with Crippen molar-refractivity contribution in [3.8, 4) is 0 Å². The second kappa shape index (κ2) is 10.8. The summed E-state index contributed by atoms with van der Waals surface area (Å²) in [6.45, 7) is 1.12. The van der Waals surface area contributed by atoms with E-state index in [-0.39, 0.29) is 42.2 Å². The van der Waals surface area contributed by atoms with Crippen molar-refractivity contribution in [3.63, 3.8) is 0 Å². The van der Waals surface area contributed by atoms with Gasteiger partial charge in [-0.25, -0.2) is 12.8 Å². The highest BCUT2D eigenvalue weighted by atomic mass is 35.5. The lowest BCUT2D eigenvalue weighted by Gasteiger charge is -2.46. The van der Waals surface area contributed by atoms with Crippen molar-refractivity contribution in [2.45, 2.75) is 56.3 Å². The molecule has 2 fully saturated rings. The van der Waals surface area contributed by atoms with E-state index in [2.05, 4.69) is 10.00 Å². The Kier molecular flexibility index (Phi) is 8.60. The van der Waals surface area contributed by atoms with E-state index in [0.717, 1.165) is 32.1 Å². The second-order valence-electron chi connectivity index (χ2n) is 8.83. The van der Waals surface area contributed by atoms with Gasteiger partial charge in [0.25, 0.3) is 0 Å². The van der Waals surface area contributed by atoms with Gasteiger partial charge in [-0.2, -0.15) is 5.10 Å². The van der Waals surface area contributed by atoms with Crippen LogP contribution in [0.15, 0.2) is 36.7 Å². The van der Waals surface area contributed by atoms with E-state index in [1.54, 1.807) is 4.68 Å². The molecule has 0 radical (unpaired) electrons.